The molecule has 8 N–H and O–H groups in total. The molecule has 58 heavy (non-hydrogen) atoms. The van der Waals surface area contributed by atoms with Crippen LogP contribution in [-0.4, -0.2) is 110 Å². The summed E-state index contributed by atoms with van der Waals surface area (Å²) in [5.41, 5.74) is 0. The lowest BCUT2D eigenvalue weighted by Crippen LogP contribution is -2.60. The number of hydrogen-bond donors (Lipinski definition) is 8. The first-order valence-electron chi connectivity index (χ1n) is 23.1. The maximum absolute atomic E-state index is 13.1. The smallest absolute Gasteiger partial charge is 0.249 e. The van der Waals surface area contributed by atoms with Crippen LogP contribution < -0.4 is 5.32 Å². The van der Waals surface area contributed by atoms with Crippen LogP contribution in [0.1, 0.15) is 174 Å². The van der Waals surface area contributed by atoms with Gasteiger partial charge in [0.2, 0.25) is 5.91 Å². The number of ether oxygens (including phenoxy) is 2. The molecule has 0 aromatic rings. The van der Waals surface area contributed by atoms with Crippen molar-refractivity contribution in [3.63, 3.8) is 0 Å². The van der Waals surface area contributed by atoms with Crippen molar-refractivity contribution in [1.82, 2.24) is 5.32 Å². The number of carbonyl (C=O) groups excluding carboxylic acids is 1. The second kappa shape index (κ2) is 36.9. The standard InChI is InChI=1S/C47H85NO10/c1-3-5-7-9-11-13-15-17-19-20-21-23-24-26-28-30-32-34-39(50)42(52)38(37-57-47-45(55)44(54)43(53)41(36-49)58-47)48-46(56)40(51)35-33-31-29-27-25-22-18-16-14-12-10-8-6-4-2/h12,14,16,18,20-21,26,28,38-45,47,49-55H,3-11,13,15,17,19,22-25,27,29-37H2,1-2H3,(H,48,56)/b14-12-,18-16-,21-20+,28-26+. The van der Waals surface area contributed by atoms with Gasteiger partial charge in [0.15, 0.2) is 6.29 Å². The number of unbranched alkanes of at least 4 members (excludes halogenated alkanes) is 18. The van der Waals surface area contributed by atoms with Crippen molar-refractivity contribution < 1.29 is 50.0 Å². The monoisotopic (exact) mass is 824 g/mol. The summed E-state index contributed by atoms with van der Waals surface area (Å²) in [6.45, 7) is 3.36. The minimum absolute atomic E-state index is 0.231. The molecule has 11 heteroatoms. The maximum atomic E-state index is 13.1. The number of hydrogen-bond acceptors (Lipinski definition) is 10. The third-order valence-corrected chi connectivity index (χ3v) is 10.9. The van der Waals surface area contributed by atoms with E-state index in [1.807, 2.05) is 0 Å². The molecule has 1 amide bonds. The summed E-state index contributed by atoms with van der Waals surface area (Å²) in [6, 6.07) is -1.20. The molecule has 0 aromatic heterocycles. The first-order valence-corrected chi connectivity index (χ1v) is 23.1. The van der Waals surface area contributed by atoms with E-state index in [1.54, 1.807) is 0 Å². The average Bonchev–Trinajstić information content (AvgIpc) is 3.22. The minimum Gasteiger partial charge on any atom is -0.394 e. The van der Waals surface area contributed by atoms with E-state index < -0.39 is 74.2 Å². The third-order valence-electron chi connectivity index (χ3n) is 10.9. The zero-order valence-electron chi connectivity index (χ0n) is 36.3. The highest BCUT2D eigenvalue weighted by Gasteiger charge is 2.44. The molecule has 0 bridgehead atoms. The van der Waals surface area contributed by atoms with Gasteiger partial charge >= 0.3 is 0 Å². The number of amides is 1. The SMILES string of the molecule is CCCCC/C=C\C=C/CCCCCCCC(O)C(=O)NC(COC1OC(CO)C(O)C(O)C1O)C(O)C(O)CCC/C=C/CC/C=C/CCCCCCCCCC. The molecule has 1 fully saturated rings. The number of aliphatic hydroxyl groups is 7. The lowest BCUT2D eigenvalue weighted by atomic mass is 9.98. The van der Waals surface area contributed by atoms with Crippen LogP contribution in [0.5, 0.6) is 0 Å². The Hall–Kier alpha value is -1.93. The van der Waals surface area contributed by atoms with Gasteiger partial charge in [-0.3, -0.25) is 4.79 Å². The predicted molar refractivity (Wildman–Crippen MR) is 233 cm³/mol. The second-order valence-electron chi connectivity index (χ2n) is 16.1. The number of allylic oxidation sites excluding steroid dienone is 8. The Morgan fingerprint density at radius 3 is 1.67 bits per heavy atom. The quantitative estimate of drug-likeness (QED) is 0.0178. The normalized spacial score (nSPS) is 22.4. The summed E-state index contributed by atoms with van der Waals surface area (Å²) >= 11 is 0. The molecule has 0 radical (unpaired) electrons. The molecule has 9 unspecified atom stereocenters. The van der Waals surface area contributed by atoms with E-state index in [4.69, 9.17) is 9.47 Å². The summed E-state index contributed by atoms with van der Waals surface area (Å²) < 4.78 is 11.1. The van der Waals surface area contributed by atoms with Crippen molar-refractivity contribution in [3.05, 3.63) is 48.6 Å². The van der Waals surface area contributed by atoms with E-state index in [9.17, 15) is 40.5 Å². The van der Waals surface area contributed by atoms with Gasteiger partial charge in [-0.2, -0.15) is 0 Å². The Kier molecular flexibility index (Phi) is 34.4. The fourth-order valence-electron chi connectivity index (χ4n) is 6.97. The minimum atomic E-state index is -1.67. The van der Waals surface area contributed by atoms with Gasteiger partial charge in [-0.1, -0.05) is 146 Å². The van der Waals surface area contributed by atoms with Crippen LogP contribution in [-0.2, 0) is 14.3 Å². The number of aliphatic hydroxyl groups excluding tert-OH is 7. The highest BCUT2D eigenvalue weighted by Crippen LogP contribution is 2.23. The van der Waals surface area contributed by atoms with Crippen molar-refractivity contribution in [3.8, 4) is 0 Å². The van der Waals surface area contributed by atoms with Crippen LogP contribution in [0.4, 0.5) is 0 Å². The fraction of sp³-hybridized carbons (Fsp3) is 0.809. The van der Waals surface area contributed by atoms with Gasteiger partial charge < -0.3 is 50.5 Å². The number of carbonyl (C=O) groups is 1. The van der Waals surface area contributed by atoms with Crippen molar-refractivity contribution in [1.29, 1.82) is 0 Å². The molecular formula is C47H85NO10. The molecule has 1 aliphatic rings. The average molecular weight is 824 g/mol. The van der Waals surface area contributed by atoms with E-state index in [-0.39, 0.29) is 12.8 Å². The first-order chi connectivity index (χ1) is 28.2. The summed E-state index contributed by atoms with van der Waals surface area (Å²) in [5, 5.41) is 75.6. The van der Waals surface area contributed by atoms with Gasteiger partial charge in [-0.15, -0.1) is 0 Å². The lowest BCUT2D eigenvalue weighted by Gasteiger charge is -2.40. The predicted octanol–water partition coefficient (Wildman–Crippen LogP) is 7.39. The second-order valence-corrected chi connectivity index (χ2v) is 16.1. The summed E-state index contributed by atoms with van der Waals surface area (Å²) in [5.74, 6) is -0.726. The van der Waals surface area contributed by atoms with Gasteiger partial charge in [0.25, 0.3) is 0 Å². The molecule has 1 saturated heterocycles. The van der Waals surface area contributed by atoms with E-state index in [1.165, 1.54) is 70.6 Å². The molecule has 0 aromatic carbocycles. The van der Waals surface area contributed by atoms with Crippen molar-refractivity contribution in [2.45, 2.75) is 229 Å². The van der Waals surface area contributed by atoms with E-state index in [0.717, 1.165) is 57.8 Å². The topological polar surface area (TPSA) is 189 Å². The zero-order chi connectivity index (χ0) is 42.6. The van der Waals surface area contributed by atoms with Crippen LogP contribution in [0, 0.1) is 0 Å². The molecule has 9 atom stereocenters. The Morgan fingerprint density at radius 2 is 1.09 bits per heavy atom. The van der Waals surface area contributed by atoms with Gasteiger partial charge in [0.05, 0.1) is 25.4 Å². The van der Waals surface area contributed by atoms with Crippen molar-refractivity contribution >= 4 is 5.91 Å². The highest BCUT2D eigenvalue weighted by molar-refractivity contribution is 5.80. The third kappa shape index (κ3) is 26.3. The van der Waals surface area contributed by atoms with Gasteiger partial charge in [-0.05, 0) is 77.0 Å². The molecule has 1 rings (SSSR count). The lowest BCUT2D eigenvalue weighted by molar-refractivity contribution is -0.303. The number of rotatable bonds is 37. The molecule has 338 valence electrons. The number of nitrogens with one attached hydrogen (secondary N) is 1. The van der Waals surface area contributed by atoms with Gasteiger partial charge in [0.1, 0.15) is 36.6 Å². The molecule has 0 aliphatic carbocycles. The Morgan fingerprint density at radius 1 is 0.603 bits per heavy atom. The van der Waals surface area contributed by atoms with Crippen molar-refractivity contribution in [2.24, 2.45) is 0 Å². The molecule has 1 aliphatic heterocycles. The van der Waals surface area contributed by atoms with Gasteiger partial charge in [-0.25, -0.2) is 0 Å². The Bertz CT molecular complexity index is 1080. The zero-order valence-corrected chi connectivity index (χ0v) is 36.3. The van der Waals surface area contributed by atoms with Crippen molar-refractivity contribution in [2.75, 3.05) is 13.2 Å². The van der Waals surface area contributed by atoms with Gasteiger partial charge in [0, 0.05) is 0 Å². The molecule has 11 nitrogen and oxygen atoms in total. The summed E-state index contributed by atoms with van der Waals surface area (Å²) in [7, 11) is 0. The molecule has 0 spiro atoms. The fourth-order valence-corrected chi connectivity index (χ4v) is 6.97. The largest absolute Gasteiger partial charge is 0.394 e. The van der Waals surface area contributed by atoms with E-state index in [0.29, 0.717) is 19.3 Å². The molecular weight excluding hydrogens is 739 g/mol. The highest BCUT2D eigenvalue weighted by atomic mass is 16.7. The maximum Gasteiger partial charge on any atom is 0.249 e. The molecule has 1 heterocycles. The molecule has 0 saturated carbocycles. The Labute approximate surface area is 351 Å². The van der Waals surface area contributed by atoms with E-state index in [2.05, 4.69) is 67.8 Å². The van der Waals surface area contributed by atoms with Crippen LogP contribution in [0.25, 0.3) is 0 Å². The van der Waals surface area contributed by atoms with Crippen LogP contribution in [0.3, 0.4) is 0 Å². The first kappa shape index (κ1) is 54.1. The van der Waals surface area contributed by atoms with E-state index >= 15 is 0 Å². The Balaban J connectivity index is 2.52. The summed E-state index contributed by atoms with van der Waals surface area (Å²) in [4.78, 5) is 13.1. The van der Waals surface area contributed by atoms with Crippen LogP contribution in [0.2, 0.25) is 0 Å². The van der Waals surface area contributed by atoms with Crippen LogP contribution in [0.15, 0.2) is 48.6 Å². The summed E-state index contributed by atoms with van der Waals surface area (Å²) in [6.07, 6.45) is 31.6. The van der Waals surface area contributed by atoms with Crippen LogP contribution >= 0.6 is 0 Å².